The number of carbonyl (C=O) groups is 2. The van der Waals surface area contributed by atoms with E-state index in [4.69, 9.17) is 32.7 Å². The van der Waals surface area contributed by atoms with Crippen LogP contribution in [-0.4, -0.2) is 58.8 Å². The van der Waals surface area contributed by atoms with Gasteiger partial charge < -0.3 is 25.2 Å². The lowest BCUT2D eigenvalue weighted by Gasteiger charge is -2.37. The van der Waals surface area contributed by atoms with Crippen molar-refractivity contribution < 1.29 is 24.2 Å². The fourth-order valence-corrected chi connectivity index (χ4v) is 6.15. The van der Waals surface area contributed by atoms with Crippen molar-refractivity contribution in [3.63, 3.8) is 0 Å². The lowest BCUT2D eigenvalue weighted by atomic mass is 9.85. The molecule has 9 nitrogen and oxygen atoms in total. The van der Waals surface area contributed by atoms with Crippen LogP contribution < -0.4 is 20.1 Å². The number of aliphatic hydroxyl groups excluding tert-OH is 1. The van der Waals surface area contributed by atoms with Gasteiger partial charge in [0, 0.05) is 53.6 Å². The topological polar surface area (TPSA) is 113 Å². The number of allylic oxidation sites excluding steroid dienone is 2. The van der Waals surface area contributed by atoms with Crippen LogP contribution in [0.1, 0.15) is 34.8 Å². The first-order valence-electron chi connectivity index (χ1n) is 14.7. The molecule has 0 saturated carbocycles. The number of halogens is 2. The number of carbonyl (C=O) groups excluding carboxylic acids is 2. The quantitative estimate of drug-likeness (QED) is 0.270. The zero-order valence-corrected chi connectivity index (χ0v) is 25.7. The Morgan fingerprint density at radius 3 is 2.62 bits per heavy atom. The highest BCUT2D eigenvalue weighted by molar-refractivity contribution is 6.31. The standard InChI is InChI=1S/C34H32Cl2N4O5/c35-23-5-10-27(11-6-23)45-34(43)40-16-13-28-29-18-24(36)7-12-30(29)39-31(28)32(40)21-3-8-26(9-4-21)44-17-14-25(41)20-38-33(42)22-2-1-15-37-19-22/h1-12,15,18-19,25,29-30,32,39,41H,13-14,16-17,20H2,(H,38,42)/t25?,29?,30?,32-/m0/s1. The van der Waals surface area contributed by atoms with E-state index in [0.29, 0.717) is 46.5 Å². The van der Waals surface area contributed by atoms with Crippen molar-refractivity contribution in [1.82, 2.24) is 20.5 Å². The Balaban J connectivity index is 1.12. The molecule has 0 bridgehead atoms. The van der Waals surface area contributed by atoms with Gasteiger partial charge in [-0.05, 0) is 72.2 Å². The molecule has 4 atom stereocenters. The summed E-state index contributed by atoms with van der Waals surface area (Å²) in [5.41, 5.74) is 3.53. The number of ether oxygens (including phenoxy) is 2. The van der Waals surface area contributed by atoms with Crippen LogP contribution in [0.5, 0.6) is 11.5 Å². The summed E-state index contributed by atoms with van der Waals surface area (Å²) in [6.45, 7) is 0.830. The number of rotatable bonds is 9. The molecule has 1 aromatic heterocycles. The van der Waals surface area contributed by atoms with Crippen LogP contribution in [-0.2, 0) is 0 Å². The van der Waals surface area contributed by atoms with E-state index in [2.05, 4.69) is 27.8 Å². The van der Waals surface area contributed by atoms with Gasteiger partial charge in [0.2, 0.25) is 0 Å². The maximum absolute atomic E-state index is 13.5. The Hall–Kier alpha value is -4.31. The Morgan fingerprint density at radius 1 is 1.09 bits per heavy atom. The van der Waals surface area contributed by atoms with Crippen molar-refractivity contribution in [3.05, 3.63) is 124 Å². The third-order valence-corrected chi connectivity index (χ3v) is 8.56. The molecular formula is C34H32Cl2N4O5. The van der Waals surface area contributed by atoms with Crippen molar-refractivity contribution in [2.45, 2.75) is 31.0 Å². The zero-order chi connectivity index (χ0) is 31.3. The zero-order valence-electron chi connectivity index (χ0n) is 24.2. The molecule has 45 heavy (non-hydrogen) atoms. The SMILES string of the molecule is O=C(NCC(O)CCOc1ccc([C@H]2C3=C(CCN2C(=O)Oc2ccc(Cl)cc2)C2C=C(Cl)C=CC2N3)cc1)c1cccnc1. The van der Waals surface area contributed by atoms with Gasteiger partial charge in [0.1, 0.15) is 17.5 Å². The molecule has 3 unspecified atom stereocenters. The van der Waals surface area contributed by atoms with E-state index >= 15 is 0 Å². The maximum Gasteiger partial charge on any atom is 0.416 e. The Kier molecular flexibility index (Phi) is 9.39. The Morgan fingerprint density at radius 2 is 1.87 bits per heavy atom. The van der Waals surface area contributed by atoms with Crippen LogP contribution in [0.15, 0.2) is 108 Å². The minimum atomic E-state index is -0.772. The first-order chi connectivity index (χ1) is 21.9. The molecule has 3 aliphatic rings. The first-order valence-corrected chi connectivity index (χ1v) is 15.5. The van der Waals surface area contributed by atoms with E-state index in [0.717, 1.165) is 11.3 Å². The van der Waals surface area contributed by atoms with E-state index in [1.54, 1.807) is 47.5 Å². The molecule has 3 N–H and O–H groups in total. The smallest absolute Gasteiger partial charge is 0.416 e. The number of fused-ring (bicyclic) bond motifs is 2. The number of nitrogens with one attached hydrogen (secondary N) is 2. The average molecular weight is 648 g/mol. The minimum absolute atomic E-state index is 0.0652. The average Bonchev–Trinajstić information content (AvgIpc) is 3.43. The van der Waals surface area contributed by atoms with Gasteiger partial charge in [-0.15, -0.1) is 0 Å². The number of nitrogens with zero attached hydrogens (tertiary/aromatic N) is 2. The highest BCUT2D eigenvalue weighted by Gasteiger charge is 2.43. The largest absolute Gasteiger partial charge is 0.493 e. The second kappa shape index (κ2) is 13.8. The number of benzene rings is 2. The summed E-state index contributed by atoms with van der Waals surface area (Å²) in [4.78, 5) is 31.4. The van der Waals surface area contributed by atoms with Crippen molar-refractivity contribution in [3.8, 4) is 11.5 Å². The van der Waals surface area contributed by atoms with Crippen LogP contribution in [0.25, 0.3) is 0 Å². The minimum Gasteiger partial charge on any atom is -0.493 e. The van der Waals surface area contributed by atoms with Gasteiger partial charge in [-0.2, -0.15) is 0 Å². The van der Waals surface area contributed by atoms with Gasteiger partial charge in [-0.3, -0.25) is 14.7 Å². The molecule has 11 heteroatoms. The van der Waals surface area contributed by atoms with E-state index in [1.165, 1.54) is 11.8 Å². The van der Waals surface area contributed by atoms with Gasteiger partial charge >= 0.3 is 6.09 Å². The number of hydrogen-bond acceptors (Lipinski definition) is 7. The second-order valence-electron chi connectivity index (χ2n) is 11.0. The van der Waals surface area contributed by atoms with Crippen molar-refractivity contribution >= 4 is 35.2 Å². The molecule has 0 radical (unpaired) electrons. The lowest BCUT2D eigenvalue weighted by molar-refractivity contribution is 0.0895. The summed E-state index contributed by atoms with van der Waals surface area (Å²) in [5, 5.41) is 17.9. The fraction of sp³-hybridized carbons (Fsp3) is 0.265. The van der Waals surface area contributed by atoms with Gasteiger partial charge in [0.15, 0.2) is 0 Å². The van der Waals surface area contributed by atoms with Crippen molar-refractivity contribution in [2.24, 2.45) is 5.92 Å². The monoisotopic (exact) mass is 646 g/mol. The predicted octanol–water partition coefficient (Wildman–Crippen LogP) is 5.78. The van der Waals surface area contributed by atoms with E-state index < -0.39 is 18.2 Å². The molecule has 3 heterocycles. The number of aromatic nitrogens is 1. The molecule has 0 saturated heterocycles. The first kappa shape index (κ1) is 30.7. The van der Waals surface area contributed by atoms with Crippen LogP contribution in [0, 0.1) is 5.92 Å². The predicted molar refractivity (Wildman–Crippen MR) is 171 cm³/mol. The summed E-state index contributed by atoms with van der Waals surface area (Å²) in [6, 6.07) is 17.3. The third kappa shape index (κ3) is 7.17. The van der Waals surface area contributed by atoms with Crippen molar-refractivity contribution in [2.75, 3.05) is 19.7 Å². The van der Waals surface area contributed by atoms with Crippen LogP contribution >= 0.6 is 23.2 Å². The Labute approximate surface area is 271 Å². The summed E-state index contributed by atoms with van der Waals surface area (Å²) in [7, 11) is 0. The maximum atomic E-state index is 13.5. The third-order valence-electron chi connectivity index (χ3n) is 8.06. The molecule has 232 valence electrons. The number of amides is 2. The highest BCUT2D eigenvalue weighted by Crippen LogP contribution is 2.45. The van der Waals surface area contributed by atoms with Crippen LogP contribution in [0.2, 0.25) is 5.02 Å². The number of aliphatic hydroxyl groups is 1. The van der Waals surface area contributed by atoms with Gasteiger partial charge in [-0.1, -0.05) is 47.5 Å². The highest BCUT2D eigenvalue weighted by atomic mass is 35.5. The van der Waals surface area contributed by atoms with Crippen molar-refractivity contribution in [1.29, 1.82) is 0 Å². The van der Waals surface area contributed by atoms with E-state index in [1.807, 2.05) is 30.3 Å². The Bertz CT molecular complexity index is 1630. The summed E-state index contributed by atoms with van der Waals surface area (Å²) >= 11 is 12.4. The molecular weight excluding hydrogens is 615 g/mol. The van der Waals surface area contributed by atoms with Gasteiger partial charge in [0.25, 0.3) is 5.91 Å². The van der Waals surface area contributed by atoms with Gasteiger partial charge in [-0.25, -0.2) is 4.79 Å². The fourth-order valence-electron chi connectivity index (χ4n) is 5.81. The summed E-state index contributed by atoms with van der Waals surface area (Å²) in [6.07, 6.45) is 8.88. The molecule has 1 aliphatic carbocycles. The molecule has 3 aromatic rings. The van der Waals surface area contributed by atoms with Crippen LogP contribution in [0.3, 0.4) is 0 Å². The van der Waals surface area contributed by atoms with E-state index in [9.17, 15) is 14.7 Å². The summed E-state index contributed by atoms with van der Waals surface area (Å²) < 4.78 is 11.6. The molecule has 2 amide bonds. The molecule has 0 spiro atoms. The van der Waals surface area contributed by atoms with E-state index in [-0.39, 0.29) is 31.0 Å². The van der Waals surface area contributed by atoms with Gasteiger partial charge in [0.05, 0.1) is 24.3 Å². The lowest BCUT2D eigenvalue weighted by Crippen LogP contribution is -2.43. The normalized spacial score (nSPS) is 20.8. The summed E-state index contributed by atoms with van der Waals surface area (Å²) in [5.74, 6) is 0.863. The number of pyridine rings is 1. The molecule has 6 rings (SSSR count). The second-order valence-corrected chi connectivity index (χ2v) is 11.9. The molecule has 0 fully saturated rings. The number of hydrogen-bond donors (Lipinski definition) is 3. The van der Waals surface area contributed by atoms with Crippen LogP contribution in [0.4, 0.5) is 4.79 Å². The molecule has 2 aliphatic heterocycles. The molecule has 2 aromatic carbocycles.